The van der Waals surface area contributed by atoms with Crippen LogP contribution in [-0.2, 0) is 0 Å². The van der Waals surface area contributed by atoms with Gasteiger partial charge in [-0.2, -0.15) is 0 Å². The molecule has 1 saturated carbocycles. The molecule has 0 aromatic heterocycles. The lowest BCUT2D eigenvalue weighted by Crippen LogP contribution is -2.00. The smallest absolute Gasteiger partial charge is 0.0923 e. The van der Waals surface area contributed by atoms with E-state index in [0.29, 0.717) is 6.42 Å². The molecule has 0 aromatic carbocycles. The van der Waals surface area contributed by atoms with Crippen LogP contribution in [0.25, 0.3) is 0 Å². The predicted molar refractivity (Wildman–Crippen MR) is 29.3 cm³/mol. The number of hydrogen-bond donors (Lipinski definition) is 1. The lowest BCUT2D eigenvalue weighted by atomic mass is 10.1. The highest BCUT2D eigenvalue weighted by molar-refractivity contribution is 4.73. The van der Waals surface area contributed by atoms with E-state index in [4.69, 9.17) is 5.11 Å². The largest absolute Gasteiger partial charge is 0.393 e. The maximum absolute atomic E-state index is 11.8. The summed E-state index contributed by atoms with van der Waals surface area (Å²) in [5.74, 6) is 0.157. The normalized spacial score (nSPS) is 38.2. The van der Waals surface area contributed by atoms with Gasteiger partial charge in [0.25, 0.3) is 0 Å². The van der Waals surface area contributed by atoms with Gasteiger partial charge in [-0.3, -0.25) is 4.39 Å². The van der Waals surface area contributed by atoms with E-state index in [0.717, 1.165) is 12.8 Å². The van der Waals surface area contributed by atoms with Crippen molar-refractivity contribution in [3.05, 3.63) is 0 Å². The predicted octanol–water partition coefficient (Wildman–Crippen LogP) is 1.12. The number of alkyl halides is 1. The first-order valence-corrected chi connectivity index (χ1v) is 3.07. The molecule has 1 aliphatic rings. The molecule has 48 valence electrons. The highest BCUT2D eigenvalue weighted by Gasteiger charge is 2.21. The van der Waals surface area contributed by atoms with Gasteiger partial charge < -0.3 is 5.11 Å². The molecule has 0 bridgehead atoms. The second kappa shape index (κ2) is 2.44. The Kier molecular flexibility index (Phi) is 1.84. The topological polar surface area (TPSA) is 20.2 Å². The molecule has 2 unspecified atom stereocenters. The molecule has 2 heteroatoms. The summed E-state index contributed by atoms with van der Waals surface area (Å²) in [5.41, 5.74) is 0. The molecule has 0 radical (unpaired) electrons. The van der Waals surface area contributed by atoms with E-state index in [1.54, 1.807) is 0 Å². The minimum absolute atomic E-state index is 0.157. The van der Waals surface area contributed by atoms with Crippen LogP contribution >= 0.6 is 0 Å². The Balaban J connectivity index is 2.22. The number of rotatable bonds is 1. The van der Waals surface area contributed by atoms with Crippen LogP contribution in [0.15, 0.2) is 0 Å². The molecule has 0 aromatic rings. The van der Waals surface area contributed by atoms with E-state index in [-0.39, 0.29) is 18.7 Å². The SMILES string of the molecule is OC1CCC(CF)C1. The third-order valence-electron chi connectivity index (χ3n) is 1.73. The van der Waals surface area contributed by atoms with Crippen LogP contribution < -0.4 is 0 Å². The molecule has 1 aliphatic carbocycles. The minimum Gasteiger partial charge on any atom is -0.393 e. The molecule has 0 amide bonds. The van der Waals surface area contributed by atoms with Crippen molar-refractivity contribution in [1.29, 1.82) is 0 Å². The van der Waals surface area contributed by atoms with Gasteiger partial charge >= 0.3 is 0 Å². The van der Waals surface area contributed by atoms with E-state index < -0.39 is 0 Å². The van der Waals surface area contributed by atoms with Gasteiger partial charge in [0.15, 0.2) is 0 Å². The molecule has 0 heterocycles. The third-order valence-corrected chi connectivity index (χ3v) is 1.73. The van der Waals surface area contributed by atoms with Crippen LogP contribution in [-0.4, -0.2) is 17.9 Å². The summed E-state index contributed by atoms with van der Waals surface area (Å²) in [5, 5.41) is 8.86. The van der Waals surface area contributed by atoms with E-state index in [1.807, 2.05) is 0 Å². The van der Waals surface area contributed by atoms with E-state index in [2.05, 4.69) is 0 Å². The summed E-state index contributed by atoms with van der Waals surface area (Å²) in [4.78, 5) is 0. The molecule has 2 atom stereocenters. The fourth-order valence-electron chi connectivity index (χ4n) is 1.19. The first-order valence-electron chi connectivity index (χ1n) is 3.07. The Morgan fingerprint density at radius 1 is 1.50 bits per heavy atom. The van der Waals surface area contributed by atoms with Crippen molar-refractivity contribution in [2.75, 3.05) is 6.67 Å². The number of aliphatic hydroxyl groups excluding tert-OH is 1. The monoisotopic (exact) mass is 118 g/mol. The van der Waals surface area contributed by atoms with E-state index in [9.17, 15) is 4.39 Å². The zero-order valence-corrected chi connectivity index (χ0v) is 4.81. The maximum atomic E-state index is 11.8. The number of aliphatic hydroxyl groups is 1. The first kappa shape index (κ1) is 6.02. The van der Waals surface area contributed by atoms with Gasteiger partial charge in [-0.25, -0.2) is 0 Å². The van der Waals surface area contributed by atoms with Gasteiger partial charge in [0.2, 0.25) is 0 Å². The average Bonchev–Trinajstić information content (AvgIpc) is 2.14. The van der Waals surface area contributed by atoms with Crippen molar-refractivity contribution in [1.82, 2.24) is 0 Å². The van der Waals surface area contributed by atoms with Crippen molar-refractivity contribution in [2.24, 2.45) is 5.92 Å². The molecule has 1 nitrogen and oxygen atoms in total. The van der Waals surface area contributed by atoms with Gasteiger partial charge in [0.1, 0.15) is 0 Å². The van der Waals surface area contributed by atoms with Crippen molar-refractivity contribution < 1.29 is 9.50 Å². The Hall–Kier alpha value is -0.110. The van der Waals surface area contributed by atoms with E-state index in [1.165, 1.54) is 0 Å². The molecule has 0 spiro atoms. The highest BCUT2D eigenvalue weighted by Crippen LogP contribution is 2.25. The Bertz CT molecular complexity index is 74.9. The lowest BCUT2D eigenvalue weighted by Gasteiger charge is -1.99. The van der Waals surface area contributed by atoms with Crippen molar-refractivity contribution >= 4 is 0 Å². The average molecular weight is 118 g/mol. The van der Waals surface area contributed by atoms with Gasteiger partial charge in [-0.1, -0.05) is 0 Å². The maximum Gasteiger partial charge on any atom is 0.0923 e. The summed E-state index contributed by atoms with van der Waals surface area (Å²) in [6.07, 6.45) is 2.14. The molecule has 8 heavy (non-hydrogen) atoms. The van der Waals surface area contributed by atoms with Crippen molar-refractivity contribution in [3.8, 4) is 0 Å². The fourth-order valence-corrected chi connectivity index (χ4v) is 1.19. The Labute approximate surface area is 48.5 Å². The van der Waals surface area contributed by atoms with Crippen LogP contribution in [0.1, 0.15) is 19.3 Å². The Morgan fingerprint density at radius 2 is 2.25 bits per heavy atom. The van der Waals surface area contributed by atoms with Gasteiger partial charge in [0, 0.05) is 0 Å². The van der Waals surface area contributed by atoms with Gasteiger partial charge in [-0.15, -0.1) is 0 Å². The zero-order valence-electron chi connectivity index (χ0n) is 4.81. The summed E-state index contributed by atoms with van der Waals surface area (Å²) in [6.45, 7) is -0.253. The molecule has 0 aliphatic heterocycles. The molecule has 1 fully saturated rings. The van der Waals surface area contributed by atoms with Crippen LogP contribution in [0, 0.1) is 5.92 Å². The van der Waals surface area contributed by atoms with Crippen LogP contribution in [0.3, 0.4) is 0 Å². The van der Waals surface area contributed by atoms with Gasteiger partial charge in [-0.05, 0) is 25.2 Å². The first-order chi connectivity index (χ1) is 3.83. The molecular formula is C6H11FO. The third kappa shape index (κ3) is 1.19. The van der Waals surface area contributed by atoms with Gasteiger partial charge in [0.05, 0.1) is 12.8 Å². The summed E-state index contributed by atoms with van der Waals surface area (Å²) < 4.78 is 11.8. The standard InChI is InChI=1S/C6H11FO/c7-4-5-1-2-6(8)3-5/h5-6,8H,1-4H2. The quantitative estimate of drug-likeness (QED) is 0.547. The number of hydrogen-bond acceptors (Lipinski definition) is 1. The highest BCUT2D eigenvalue weighted by atomic mass is 19.1. The molecule has 1 rings (SSSR count). The fraction of sp³-hybridized carbons (Fsp3) is 1.00. The second-order valence-electron chi connectivity index (χ2n) is 2.49. The molecule has 1 N–H and O–H groups in total. The lowest BCUT2D eigenvalue weighted by molar-refractivity contribution is 0.174. The second-order valence-corrected chi connectivity index (χ2v) is 2.49. The molecule has 0 saturated heterocycles. The van der Waals surface area contributed by atoms with Crippen molar-refractivity contribution in [2.45, 2.75) is 25.4 Å². The summed E-state index contributed by atoms with van der Waals surface area (Å²) >= 11 is 0. The number of halogens is 1. The van der Waals surface area contributed by atoms with Crippen LogP contribution in [0.5, 0.6) is 0 Å². The van der Waals surface area contributed by atoms with E-state index >= 15 is 0 Å². The van der Waals surface area contributed by atoms with Crippen molar-refractivity contribution in [3.63, 3.8) is 0 Å². The minimum atomic E-state index is -0.253. The summed E-state index contributed by atoms with van der Waals surface area (Å²) in [6, 6.07) is 0. The zero-order chi connectivity index (χ0) is 5.98. The summed E-state index contributed by atoms with van der Waals surface area (Å²) in [7, 11) is 0. The van der Waals surface area contributed by atoms with Crippen LogP contribution in [0.4, 0.5) is 4.39 Å². The van der Waals surface area contributed by atoms with Crippen LogP contribution in [0.2, 0.25) is 0 Å². The Morgan fingerprint density at radius 3 is 2.50 bits per heavy atom. The molecular weight excluding hydrogens is 107 g/mol.